The second kappa shape index (κ2) is 11.5. The number of allylic oxidation sites excluding steroid dienone is 1. The van der Waals surface area contributed by atoms with E-state index in [9.17, 15) is 9.59 Å². The predicted octanol–water partition coefficient (Wildman–Crippen LogP) is 3.71. The van der Waals surface area contributed by atoms with Crippen molar-refractivity contribution in [3.8, 4) is 5.75 Å². The second-order valence-electron chi connectivity index (χ2n) is 10.9. The number of carbonyl (C=O) groups excluding carboxylic acids is 2. The third kappa shape index (κ3) is 5.15. The van der Waals surface area contributed by atoms with Crippen molar-refractivity contribution < 1.29 is 14.3 Å². The van der Waals surface area contributed by atoms with Crippen LogP contribution in [0.1, 0.15) is 35.2 Å². The average Bonchev–Trinajstić information content (AvgIpc) is 3.29. The lowest BCUT2D eigenvalue weighted by Crippen LogP contribution is -2.46. The second-order valence-corrected chi connectivity index (χ2v) is 11.3. The molecule has 3 aliphatic heterocycles. The molecule has 0 atom stereocenters. The first-order chi connectivity index (χ1) is 19.3. The van der Waals surface area contributed by atoms with Gasteiger partial charge in [0.1, 0.15) is 5.75 Å². The fourth-order valence-corrected chi connectivity index (χ4v) is 6.34. The summed E-state index contributed by atoms with van der Waals surface area (Å²) >= 11 is 6.62. The molecular weight excluding hydrogens is 528 g/mol. The molecule has 40 heavy (non-hydrogen) atoms. The number of hydrogen-bond donors (Lipinski definition) is 2. The quantitative estimate of drug-likeness (QED) is 0.518. The van der Waals surface area contributed by atoms with Crippen LogP contribution in [0.5, 0.6) is 5.75 Å². The third-order valence-electron chi connectivity index (χ3n) is 8.71. The van der Waals surface area contributed by atoms with Gasteiger partial charge in [0, 0.05) is 86.8 Å². The number of piperazine rings is 1. The van der Waals surface area contributed by atoms with E-state index < -0.39 is 5.41 Å². The SMILES string of the molecule is COc1cc(N2CCC3(CCN(C(=O)c4ccc(N5CCN(C)CC5)cc4Cl)CC3)C2=O)ccc1/C(C=N)=C/N. The minimum Gasteiger partial charge on any atom is -0.496 e. The van der Waals surface area contributed by atoms with Crippen molar-refractivity contribution in [2.24, 2.45) is 11.1 Å². The highest BCUT2D eigenvalue weighted by molar-refractivity contribution is 6.34. The number of nitrogens with zero attached hydrogens (tertiary/aromatic N) is 4. The van der Waals surface area contributed by atoms with Crippen molar-refractivity contribution in [2.75, 3.05) is 69.8 Å². The van der Waals surface area contributed by atoms with Crippen LogP contribution in [0.2, 0.25) is 5.02 Å². The van der Waals surface area contributed by atoms with Gasteiger partial charge in [-0.1, -0.05) is 11.6 Å². The molecule has 1 spiro atoms. The minimum atomic E-state index is -0.477. The number of nitrogens with one attached hydrogen (secondary N) is 1. The van der Waals surface area contributed by atoms with E-state index >= 15 is 0 Å². The molecule has 212 valence electrons. The number of ether oxygens (including phenoxy) is 1. The lowest BCUT2D eigenvalue weighted by Gasteiger charge is -2.38. The Morgan fingerprint density at radius 2 is 1.62 bits per heavy atom. The Morgan fingerprint density at radius 1 is 0.975 bits per heavy atom. The fourth-order valence-electron chi connectivity index (χ4n) is 6.08. The molecule has 9 nitrogen and oxygen atoms in total. The highest BCUT2D eigenvalue weighted by Crippen LogP contribution is 2.44. The molecule has 0 radical (unpaired) electrons. The molecule has 2 aromatic carbocycles. The van der Waals surface area contributed by atoms with Gasteiger partial charge in [-0.15, -0.1) is 0 Å². The Labute approximate surface area is 240 Å². The standard InChI is InChI=1S/C30H37ClN6O3/c1-34-13-15-35(16-14-34)22-3-6-25(26(31)17-22)28(38)36-10-7-30(8-11-36)9-12-37(29(30)39)23-4-5-24(21(19-32)20-33)27(18-23)40-2/h3-6,17-20,32H,7-16,33H2,1-2H3/b21-20+,32-19?. The zero-order chi connectivity index (χ0) is 28.4. The van der Waals surface area contributed by atoms with Crippen LogP contribution in [0.3, 0.4) is 0 Å². The fraction of sp³-hybridized carbons (Fsp3) is 0.433. The number of anilines is 2. The zero-order valence-corrected chi connectivity index (χ0v) is 23.9. The van der Waals surface area contributed by atoms with E-state index in [0.29, 0.717) is 59.9 Å². The number of likely N-dealkylation sites (N-methyl/N-ethyl adjacent to an activating group) is 1. The Bertz CT molecular complexity index is 1330. The highest BCUT2D eigenvalue weighted by Gasteiger charge is 2.49. The molecule has 0 unspecified atom stereocenters. The van der Waals surface area contributed by atoms with Crippen molar-refractivity contribution in [1.82, 2.24) is 9.80 Å². The Balaban J connectivity index is 1.24. The summed E-state index contributed by atoms with van der Waals surface area (Å²) in [6.45, 7) is 5.51. The summed E-state index contributed by atoms with van der Waals surface area (Å²) in [4.78, 5) is 35.4. The number of nitrogens with two attached hydrogens (primary N) is 1. The number of likely N-dealkylation sites (tertiary alicyclic amines) is 1. The summed E-state index contributed by atoms with van der Waals surface area (Å²) in [5.74, 6) is 0.565. The summed E-state index contributed by atoms with van der Waals surface area (Å²) in [6, 6.07) is 11.3. The summed E-state index contributed by atoms with van der Waals surface area (Å²) in [5, 5.41) is 8.06. The molecular formula is C30H37ClN6O3. The Hall–Kier alpha value is -3.56. The minimum absolute atomic E-state index is 0.0811. The van der Waals surface area contributed by atoms with Gasteiger partial charge in [0.2, 0.25) is 5.91 Å². The largest absolute Gasteiger partial charge is 0.496 e. The van der Waals surface area contributed by atoms with Crippen molar-refractivity contribution in [1.29, 1.82) is 5.41 Å². The zero-order valence-electron chi connectivity index (χ0n) is 23.2. The topological polar surface area (TPSA) is 106 Å². The Kier molecular flexibility index (Phi) is 8.05. The van der Waals surface area contributed by atoms with Crippen molar-refractivity contribution >= 4 is 46.6 Å². The molecule has 10 heteroatoms. The average molecular weight is 565 g/mol. The summed E-state index contributed by atoms with van der Waals surface area (Å²) in [7, 11) is 3.68. The lowest BCUT2D eigenvalue weighted by atomic mass is 9.77. The number of hydrogen-bond acceptors (Lipinski definition) is 7. The van der Waals surface area contributed by atoms with E-state index in [2.05, 4.69) is 16.8 Å². The van der Waals surface area contributed by atoms with Crippen molar-refractivity contribution in [3.63, 3.8) is 0 Å². The van der Waals surface area contributed by atoms with Crippen LogP contribution in [0.25, 0.3) is 5.57 Å². The first-order valence-corrected chi connectivity index (χ1v) is 14.1. The van der Waals surface area contributed by atoms with E-state index in [1.807, 2.05) is 46.2 Å². The van der Waals surface area contributed by atoms with Gasteiger partial charge in [0.25, 0.3) is 5.91 Å². The number of piperidine rings is 1. The molecule has 0 bridgehead atoms. The van der Waals surface area contributed by atoms with Crippen LogP contribution in [0.15, 0.2) is 42.6 Å². The van der Waals surface area contributed by atoms with E-state index in [4.69, 9.17) is 27.5 Å². The van der Waals surface area contributed by atoms with E-state index in [1.165, 1.54) is 12.4 Å². The van der Waals surface area contributed by atoms with Crippen molar-refractivity contribution in [2.45, 2.75) is 19.3 Å². The molecule has 0 aromatic heterocycles. The summed E-state index contributed by atoms with van der Waals surface area (Å²) in [5.41, 5.74) is 8.74. The number of carbonyl (C=O) groups is 2. The van der Waals surface area contributed by atoms with E-state index in [-0.39, 0.29) is 11.8 Å². The van der Waals surface area contributed by atoms with Gasteiger partial charge >= 0.3 is 0 Å². The molecule has 0 saturated carbocycles. The molecule has 5 rings (SSSR count). The van der Waals surface area contributed by atoms with Crippen LogP contribution in [-0.2, 0) is 4.79 Å². The smallest absolute Gasteiger partial charge is 0.255 e. The number of methoxy groups -OCH3 is 1. The molecule has 3 N–H and O–H groups in total. The van der Waals surface area contributed by atoms with Crippen molar-refractivity contribution in [3.05, 3.63) is 58.7 Å². The van der Waals surface area contributed by atoms with Crippen LogP contribution in [-0.4, -0.2) is 87.8 Å². The Morgan fingerprint density at radius 3 is 2.25 bits per heavy atom. The van der Waals surface area contributed by atoms with Gasteiger partial charge in [0.05, 0.1) is 23.1 Å². The first-order valence-electron chi connectivity index (χ1n) is 13.8. The number of benzene rings is 2. The van der Waals surface area contributed by atoms with Gasteiger partial charge in [0.15, 0.2) is 0 Å². The van der Waals surface area contributed by atoms with E-state index in [1.54, 1.807) is 7.11 Å². The molecule has 3 heterocycles. The number of amides is 2. The highest BCUT2D eigenvalue weighted by atomic mass is 35.5. The maximum atomic E-state index is 13.7. The van der Waals surface area contributed by atoms with Gasteiger partial charge in [-0.2, -0.15) is 0 Å². The monoisotopic (exact) mass is 564 g/mol. The lowest BCUT2D eigenvalue weighted by molar-refractivity contribution is -0.127. The van der Waals surface area contributed by atoms with Gasteiger partial charge in [-0.05, 0) is 56.6 Å². The maximum Gasteiger partial charge on any atom is 0.255 e. The molecule has 3 fully saturated rings. The molecule has 3 saturated heterocycles. The van der Waals surface area contributed by atoms with Crippen LogP contribution >= 0.6 is 11.6 Å². The molecule has 3 aliphatic rings. The molecule has 2 amide bonds. The summed E-state index contributed by atoms with van der Waals surface area (Å²) < 4.78 is 5.54. The van der Waals surface area contributed by atoms with Gasteiger partial charge in [-0.25, -0.2) is 0 Å². The van der Waals surface area contributed by atoms with Crippen LogP contribution < -0.4 is 20.3 Å². The van der Waals surface area contributed by atoms with Crippen LogP contribution in [0.4, 0.5) is 11.4 Å². The van der Waals surface area contributed by atoms with E-state index in [0.717, 1.165) is 44.0 Å². The number of halogens is 1. The normalized spacial score (nSPS) is 19.8. The molecule has 2 aromatic rings. The maximum absolute atomic E-state index is 13.7. The first kappa shape index (κ1) is 28.0. The van der Waals surface area contributed by atoms with Crippen LogP contribution in [0, 0.1) is 10.8 Å². The van der Waals surface area contributed by atoms with Gasteiger partial charge in [-0.3, -0.25) is 9.59 Å². The summed E-state index contributed by atoms with van der Waals surface area (Å²) in [6.07, 6.45) is 4.53. The number of rotatable bonds is 6. The molecule has 0 aliphatic carbocycles. The third-order valence-corrected chi connectivity index (χ3v) is 9.03. The van der Waals surface area contributed by atoms with Gasteiger partial charge < -0.3 is 35.5 Å². The predicted molar refractivity (Wildman–Crippen MR) is 160 cm³/mol.